The summed E-state index contributed by atoms with van der Waals surface area (Å²) in [6.07, 6.45) is 2.19. The predicted molar refractivity (Wildman–Crippen MR) is 102 cm³/mol. The number of rotatable bonds is 4. The van der Waals surface area contributed by atoms with E-state index in [4.69, 9.17) is 4.74 Å². The highest BCUT2D eigenvalue weighted by Crippen LogP contribution is 2.35. The molecular weight excluding hydrogens is 364 g/mol. The van der Waals surface area contributed by atoms with Gasteiger partial charge < -0.3 is 14.6 Å². The van der Waals surface area contributed by atoms with Crippen molar-refractivity contribution in [1.29, 1.82) is 0 Å². The van der Waals surface area contributed by atoms with Gasteiger partial charge in [-0.25, -0.2) is 9.97 Å². The van der Waals surface area contributed by atoms with Gasteiger partial charge in [0.2, 0.25) is 0 Å². The average Bonchev–Trinajstić information content (AvgIpc) is 3.07. The van der Waals surface area contributed by atoms with Crippen LogP contribution < -0.4 is 10.3 Å². The lowest BCUT2D eigenvalue weighted by Crippen LogP contribution is -2.46. The molecule has 3 heterocycles. The Morgan fingerprint density at radius 3 is 2.89 bits per heavy atom. The lowest BCUT2D eigenvalue weighted by atomic mass is 9.94. The van der Waals surface area contributed by atoms with Crippen molar-refractivity contribution in [2.45, 2.75) is 19.4 Å². The minimum absolute atomic E-state index is 0.0401. The van der Waals surface area contributed by atoms with E-state index in [2.05, 4.69) is 15.0 Å². The number of methoxy groups -OCH3 is 1. The highest BCUT2D eigenvalue weighted by molar-refractivity contribution is 7.09. The van der Waals surface area contributed by atoms with E-state index in [1.807, 2.05) is 36.6 Å². The van der Waals surface area contributed by atoms with Gasteiger partial charge >= 0.3 is 0 Å². The van der Waals surface area contributed by atoms with E-state index in [0.29, 0.717) is 18.1 Å². The Balaban J connectivity index is 1.58. The Labute approximate surface area is 159 Å². The molecule has 1 amide bonds. The smallest absolute Gasteiger partial charge is 0.264 e. The van der Waals surface area contributed by atoms with Gasteiger partial charge in [0.15, 0.2) is 5.82 Å². The standard InChI is InChI=1S/C19H18N4O3S/c1-11-21-15(10-27-11)17-20-9-14(18(24)22-17)19(25)23-7-6-16(23)12-4-3-5-13(8-12)26-2/h3-5,8-10,16H,6-7H2,1-2H3,(H,20,22,24). The molecule has 1 fully saturated rings. The number of hydrogen-bond acceptors (Lipinski definition) is 6. The molecule has 0 aliphatic carbocycles. The van der Waals surface area contributed by atoms with Crippen LogP contribution in [0.5, 0.6) is 5.75 Å². The lowest BCUT2D eigenvalue weighted by Gasteiger charge is -2.41. The Kier molecular flexibility index (Phi) is 4.49. The van der Waals surface area contributed by atoms with Crippen molar-refractivity contribution in [3.63, 3.8) is 0 Å². The molecule has 1 unspecified atom stereocenters. The van der Waals surface area contributed by atoms with Crippen LogP contribution in [0.2, 0.25) is 0 Å². The van der Waals surface area contributed by atoms with E-state index >= 15 is 0 Å². The number of aromatic amines is 1. The van der Waals surface area contributed by atoms with Gasteiger partial charge in [0.1, 0.15) is 17.0 Å². The van der Waals surface area contributed by atoms with Gasteiger partial charge in [0.25, 0.3) is 11.5 Å². The summed E-state index contributed by atoms with van der Waals surface area (Å²) in [6, 6.07) is 7.58. The van der Waals surface area contributed by atoms with Crippen molar-refractivity contribution in [2.24, 2.45) is 0 Å². The van der Waals surface area contributed by atoms with Crippen LogP contribution >= 0.6 is 11.3 Å². The van der Waals surface area contributed by atoms with Crippen molar-refractivity contribution < 1.29 is 9.53 Å². The maximum Gasteiger partial charge on any atom is 0.264 e. The van der Waals surface area contributed by atoms with Crippen LogP contribution in [0.15, 0.2) is 40.6 Å². The predicted octanol–water partition coefficient (Wildman–Crippen LogP) is 2.80. The molecular formula is C19H18N4O3S. The molecule has 27 heavy (non-hydrogen) atoms. The minimum atomic E-state index is -0.452. The number of hydrogen-bond donors (Lipinski definition) is 1. The van der Waals surface area contributed by atoms with Crippen molar-refractivity contribution in [3.05, 3.63) is 62.3 Å². The molecule has 0 saturated carbocycles. The first-order valence-electron chi connectivity index (χ1n) is 8.53. The van der Waals surface area contributed by atoms with Crippen LogP contribution in [-0.2, 0) is 0 Å². The summed E-state index contributed by atoms with van der Waals surface area (Å²) in [5.41, 5.74) is 1.19. The molecule has 1 aliphatic heterocycles. The average molecular weight is 382 g/mol. The first-order chi connectivity index (χ1) is 13.1. The molecule has 1 aromatic carbocycles. The second kappa shape index (κ2) is 6.96. The number of amides is 1. The van der Waals surface area contributed by atoms with Gasteiger partial charge in [-0.3, -0.25) is 9.59 Å². The maximum absolute atomic E-state index is 12.9. The first kappa shape index (κ1) is 17.4. The Bertz CT molecular complexity index is 1060. The molecule has 2 aromatic heterocycles. The number of ether oxygens (including phenoxy) is 1. The third-order valence-electron chi connectivity index (χ3n) is 4.65. The Hall–Kier alpha value is -3.00. The van der Waals surface area contributed by atoms with Crippen LogP contribution in [0.4, 0.5) is 0 Å². The number of carbonyl (C=O) groups is 1. The Morgan fingerprint density at radius 1 is 1.41 bits per heavy atom. The number of aryl methyl sites for hydroxylation is 1. The van der Waals surface area contributed by atoms with E-state index in [-0.39, 0.29) is 17.5 Å². The lowest BCUT2D eigenvalue weighted by molar-refractivity contribution is 0.0457. The molecule has 1 saturated heterocycles. The summed E-state index contributed by atoms with van der Waals surface area (Å²) in [4.78, 5) is 38.2. The second-order valence-corrected chi connectivity index (χ2v) is 7.37. The molecule has 0 radical (unpaired) electrons. The summed E-state index contributed by atoms with van der Waals surface area (Å²) >= 11 is 1.48. The number of thiazole rings is 1. The zero-order valence-electron chi connectivity index (χ0n) is 14.9. The molecule has 138 valence electrons. The van der Waals surface area contributed by atoms with Crippen LogP contribution in [0.25, 0.3) is 11.5 Å². The summed E-state index contributed by atoms with van der Waals surface area (Å²) in [5.74, 6) is 0.798. The monoisotopic (exact) mass is 382 g/mol. The highest BCUT2D eigenvalue weighted by atomic mass is 32.1. The number of nitrogens with one attached hydrogen (secondary N) is 1. The maximum atomic E-state index is 12.9. The normalized spacial score (nSPS) is 16.1. The van der Waals surface area contributed by atoms with Gasteiger partial charge in [-0.05, 0) is 31.0 Å². The van der Waals surface area contributed by atoms with Gasteiger partial charge in [0, 0.05) is 18.1 Å². The molecule has 8 heteroatoms. The summed E-state index contributed by atoms with van der Waals surface area (Å²) in [5, 5.41) is 2.71. The molecule has 3 aromatic rings. The zero-order valence-corrected chi connectivity index (χ0v) is 15.7. The number of nitrogens with zero attached hydrogens (tertiary/aromatic N) is 3. The third-order valence-corrected chi connectivity index (χ3v) is 5.42. The van der Waals surface area contributed by atoms with Gasteiger partial charge in [-0.15, -0.1) is 11.3 Å². The number of aromatic nitrogens is 3. The number of carbonyl (C=O) groups excluding carboxylic acids is 1. The van der Waals surface area contributed by atoms with Crippen molar-refractivity contribution in [2.75, 3.05) is 13.7 Å². The van der Waals surface area contributed by atoms with Gasteiger partial charge in [0.05, 0.1) is 18.2 Å². The van der Waals surface area contributed by atoms with E-state index in [0.717, 1.165) is 22.7 Å². The van der Waals surface area contributed by atoms with E-state index in [1.165, 1.54) is 17.5 Å². The van der Waals surface area contributed by atoms with Crippen LogP contribution in [0.3, 0.4) is 0 Å². The fourth-order valence-electron chi connectivity index (χ4n) is 3.13. The van der Waals surface area contributed by atoms with E-state index in [1.54, 1.807) is 12.0 Å². The van der Waals surface area contributed by atoms with Crippen LogP contribution in [0, 0.1) is 6.92 Å². The largest absolute Gasteiger partial charge is 0.497 e. The molecule has 1 aliphatic rings. The second-order valence-electron chi connectivity index (χ2n) is 6.31. The number of H-pyrrole nitrogens is 1. The summed E-state index contributed by atoms with van der Waals surface area (Å²) in [7, 11) is 1.61. The van der Waals surface area contributed by atoms with Crippen LogP contribution in [0.1, 0.15) is 33.4 Å². The third kappa shape index (κ3) is 3.23. The Morgan fingerprint density at radius 2 is 2.26 bits per heavy atom. The van der Waals surface area contributed by atoms with E-state index < -0.39 is 5.56 Å². The molecule has 0 spiro atoms. The molecule has 7 nitrogen and oxygen atoms in total. The van der Waals surface area contributed by atoms with Gasteiger partial charge in [-0.2, -0.15) is 0 Å². The highest BCUT2D eigenvalue weighted by Gasteiger charge is 2.35. The number of benzene rings is 1. The molecule has 0 bridgehead atoms. The fourth-order valence-corrected chi connectivity index (χ4v) is 3.73. The molecule has 1 atom stereocenters. The zero-order chi connectivity index (χ0) is 19.0. The fraction of sp³-hybridized carbons (Fsp3) is 0.263. The van der Waals surface area contributed by atoms with E-state index in [9.17, 15) is 9.59 Å². The quantitative estimate of drug-likeness (QED) is 0.750. The topological polar surface area (TPSA) is 88.2 Å². The van der Waals surface area contributed by atoms with Crippen molar-refractivity contribution >= 4 is 17.2 Å². The van der Waals surface area contributed by atoms with Crippen molar-refractivity contribution in [3.8, 4) is 17.3 Å². The summed E-state index contributed by atoms with van der Waals surface area (Å²) in [6.45, 7) is 2.49. The molecule has 1 N–H and O–H groups in total. The first-order valence-corrected chi connectivity index (χ1v) is 9.41. The minimum Gasteiger partial charge on any atom is -0.497 e. The molecule has 4 rings (SSSR count). The number of likely N-dealkylation sites (tertiary alicyclic amines) is 1. The summed E-state index contributed by atoms with van der Waals surface area (Å²) < 4.78 is 5.26. The van der Waals surface area contributed by atoms with Crippen LogP contribution in [-0.4, -0.2) is 39.4 Å². The van der Waals surface area contributed by atoms with Gasteiger partial charge in [-0.1, -0.05) is 12.1 Å². The SMILES string of the molecule is COc1cccc(C2CCN2C(=O)c2cnc(-c3csc(C)n3)[nH]c2=O)c1. The van der Waals surface area contributed by atoms with Crippen molar-refractivity contribution in [1.82, 2.24) is 19.9 Å².